The molecule has 0 aromatic heterocycles. The van der Waals surface area contributed by atoms with Crippen LogP contribution in [0.4, 0.5) is 4.39 Å². The van der Waals surface area contributed by atoms with Crippen LogP contribution in [0.1, 0.15) is 24.8 Å². The number of nitrogens with zero attached hydrogens (tertiary/aromatic N) is 1. The third-order valence-electron chi connectivity index (χ3n) is 6.21. The molecule has 33 heavy (non-hydrogen) atoms. The Bertz CT molecular complexity index is 1120. The van der Waals surface area contributed by atoms with Crippen molar-refractivity contribution in [1.29, 1.82) is 0 Å². The maximum absolute atomic E-state index is 13.7. The first-order chi connectivity index (χ1) is 16.1. The molecule has 0 bridgehead atoms. The molecule has 4 rings (SSSR count). The number of halogens is 1. The second-order valence-corrected chi connectivity index (χ2v) is 8.43. The number of carboxylic acid groups (broad SMARTS) is 1. The summed E-state index contributed by atoms with van der Waals surface area (Å²) in [6.45, 7) is 2.50. The monoisotopic (exact) mass is 451 g/mol. The maximum atomic E-state index is 13.7. The van der Waals surface area contributed by atoms with Crippen LogP contribution in [0.15, 0.2) is 54.6 Å². The van der Waals surface area contributed by atoms with Crippen LogP contribution in [0, 0.1) is 0 Å². The number of hydrogen-bond acceptors (Lipinski definition) is 4. The van der Waals surface area contributed by atoms with Gasteiger partial charge in [0.1, 0.15) is 24.3 Å². The third kappa shape index (κ3) is 5.45. The van der Waals surface area contributed by atoms with Gasteiger partial charge in [0.2, 0.25) is 0 Å². The van der Waals surface area contributed by atoms with E-state index < -0.39 is 12.1 Å². The van der Waals surface area contributed by atoms with Gasteiger partial charge >= 0.3 is 5.97 Å². The molecule has 5 nitrogen and oxygen atoms in total. The van der Waals surface area contributed by atoms with E-state index in [0.29, 0.717) is 44.0 Å². The number of hydrogen-bond donors (Lipinski definition) is 1. The van der Waals surface area contributed by atoms with Gasteiger partial charge in [-0.15, -0.1) is 0 Å². The van der Waals surface area contributed by atoms with Crippen molar-refractivity contribution in [2.75, 3.05) is 33.4 Å². The van der Waals surface area contributed by atoms with Gasteiger partial charge in [-0.1, -0.05) is 42.5 Å². The average Bonchev–Trinajstić information content (AvgIpc) is 2.82. The molecular formula is C27H30FNO4. The lowest BCUT2D eigenvalue weighted by Gasteiger charge is -2.28. The summed E-state index contributed by atoms with van der Waals surface area (Å²) in [6, 6.07) is 17.8. The Hall–Kier alpha value is -3.12. The molecule has 1 heterocycles. The van der Waals surface area contributed by atoms with E-state index in [1.165, 1.54) is 0 Å². The number of benzene rings is 3. The molecule has 1 atom stereocenters. The molecule has 1 unspecified atom stereocenters. The molecule has 0 radical (unpaired) electrons. The zero-order valence-electron chi connectivity index (χ0n) is 18.9. The molecule has 1 saturated heterocycles. The predicted octanol–water partition coefficient (Wildman–Crippen LogP) is 5.35. The molecule has 6 heteroatoms. The number of ether oxygens (including phenoxy) is 2. The number of rotatable bonds is 9. The maximum Gasteiger partial charge on any atom is 0.303 e. The molecule has 0 aliphatic carbocycles. The van der Waals surface area contributed by atoms with E-state index in [0.717, 1.165) is 40.4 Å². The van der Waals surface area contributed by atoms with E-state index in [2.05, 4.69) is 4.90 Å². The summed E-state index contributed by atoms with van der Waals surface area (Å²) in [5.41, 5.74) is 2.84. The van der Waals surface area contributed by atoms with Gasteiger partial charge in [0.25, 0.3) is 0 Å². The van der Waals surface area contributed by atoms with Crippen LogP contribution in [-0.2, 0) is 11.2 Å². The number of piperidine rings is 1. The molecule has 1 aliphatic heterocycles. The fraction of sp³-hybridized carbons (Fsp3) is 0.370. The van der Waals surface area contributed by atoms with E-state index >= 15 is 0 Å². The second kappa shape index (κ2) is 10.7. The highest BCUT2D eigenvalue weighted by atomic mass is 19.1. The van der Waals surface area contributed by atoms with Gasteiger partial charge in [-0.2, -0.15) is 0 Å². The highest BCUT2D eigenvalue weighted by Crippen LogP contribution is 2.42. The fourth-order valence-electron chi connectivity index (χ4n) is 4.61. The highest BCUT2D eigenvalue weighted by Gasteiger charge is 2.20. The van der Waals surface area contributed by atoms with Crippen molar-refractivity contribution >= 4 is 16.7 Å². The van der Waals surface area contributed by atoms with E-state index in [4.69, 9.17) is 14.6 Å². The molecule has 0 saturated carbocycles. The van der Waals surface area contributed by atoms with E-state index in [1.54, 1.807) is 7.11 Å². The summed E-state index contributed by atoms with van der Waals surface area (Å²) in [7, 11) is 1.64. The molecule has 1 fully saturated rings. The molecule has 1 N–H and O–H groups in total. The smallest absolute Gasteiger partial charge is 0.303 e. The van der Waals surface area contributed by atoms with Crippen molar-refractivity contribution in [3.63, 3.8) is 0 Å². The number of aliphatic carboxylic acids is 1. The topological polar surface area (TPSA) is 59.0 Å². The van der Waals surface area contributed by atoms with Crippen LogP contribution in [0.5, 0.6) is 11.5 Å². The van der Waals surface area contributed by atoms with Gasteiger partial charge in [-0.25, -0.2) is 4.39 Å². The van der Waals surface area contributed by atoms with Gasteiger partial charge in [0, 0.05) is 19.5 Å². The number of aryl methyl sites for hydroxylation is 1. The standard InChI is InChI=1S/C27H30FNO4/c1-32-24-11-4-12-25(33-17-16-29-15-5-7-20(28)18-29)27(24)23-10-3-8-21-19(13-14-26(30)31)6-2-9-22(21)23/h2-4,6,8-12,20H,5,7,13-18H2,1H3,(H,30,31). The Morgan fingerprint density at radius 1 is 1.09 bits per heavy atom. The SMILES string of the molecule is COc1cccc(OCCN2CCCC(F)C2)c1-c1cccc2c(CCC(=O)O)cccc12. The Balaban J connectivity index is 1.65. The molecular weight excluding hydrogens is 421 g/mol. The van der Waals surface area contributed by atoms with Crippen molar-refractivity contribution < 1.29 is 23.8 Å². The summed E-state index contributed by atoms with van der Waals surface area (Å²) in [4.78, 5) is 13.2. The Morgan fingerprint density at radius 3 is 2.64 bits per heavy atom. The Morgan fingerprint density at radius 2 is 1.85 bits per heavy atom. The van der Waals surface area contributed by atoms with Gasteiger partial charge in [0.15, 0.2) is 0 Å². The highest BCUT2D eigenvalue weighted by molar-refractivity contribution is 6.01. The van der Waals surface area contributed by atoms with E-state index in [-0.39, 0.29) is 6.42 Å². The molecule has 0 amide bonds. The Labute approximate surface area is 193 Å². The number of fused-ring (bicyclic) bond motifs is 1. The fourth-order valence-corrected chi connectivity index (χ4v) is 4.61. The summed E-state index contributed by atoms with van der Waals surface area (Å²) < 4.78 is 25.6. The molecule has 0 spiro atoms. The van der Waals surface area contributed by atoms with Crippen LogP contribution in [0.3, 0.4) is 0 Å². The van der Waals surface area contributed by atoms with Crippen LogP contribution < -0.4 is 9.47 Å². The quantitative estimate of drug-likeness (QED) is 0.476. The third-order valence-corrected chi connectivity index (χ3v) is 6.21. The largest absolute Gasteiger partial charge is 0.496 e. The van der Waals surface area contributed by atoms with Gasteiger partial charge in [-0.3, -0.25) is 9.69 Å². The minimum atomic E-state index is -0.809. The first-order valence-electron chi connectivity index (χ1n) is 11.5. The lowest BCUT2D eigenvalue weighted by molar-refractivity contribution is -0.136. The lowest BCUT2D eigenvalue weighted by atomic mass is 9.93. The van der Waals surface area contributed by atoms with Crippen LogP contribution in [0.2, 0.25) is 0 Å². The number of likely N-dealkylation sites (tertiary alicyclic amines) is 1. The van der Waals surface area contributed by atoms with Crippen molar-refractivity contribution in [3.8, 4) is 22.6 Å². The van der Waals surface area contributed by atoms with Gasteiger partial charge < -0.3 is 14.6 Å². The molecule has 3 aromatic rings. The summed E-state index contributed by atoms with van der Waals surface area (Å²) >= 11 is 0. The second-order valence-electron chi connectivity index (χ2n) is 8.43. The van der Waals surface area contributed by atoms with Crippen molar-refractivity contribution in [2.45, 2.75) is 31.9 Å². The van der Waals surface area contributed by atoms with E-state index in [1.807, 2.05) is 54.6 Å². The molecule has 174 valence electrons. The van der Waals surface area contributed by atoms with Gasteiger partial charge in [0.05, 0.1) is 12.7 Å². The summed E-state index contributed by atoms with van der Waals surface area (Å²) in [6.07, 6.45) is 1.33. The predicted molar refractivity (Wildman–Crippen MR) is 128 cm³/mol. The number of carboxylic acids is 1. The first-order valence-corrected chi connectivity index (χ1v) is 11.5. The minimum Gasteiger partial charge on any atom is -0.496 e. The van der Waals surface area contributed by atoms with Crippen molar-refractivity contribution in [1.82, 2.24) is 4.90 Å². The van der Waals surface area contributed by atoms with Crippen LogP contribution in [-0.4, -0.2) is 55.5 Å². The van der Waals surface area contributed by atoms with Crippen LogP contribution in [0.25, 0.3) is 21.9 Å². The van der Waals surface area contributed by atoms with Gasteiger partial charge in [-0.05, 0) is 59.8 Å². The first kappa shape index (κ1) is 23.1. The molecule has 3 aromatic carbocycles. The number of alkyl halides is 1. The Kier molecular flexibility index (Phi) is 7.45. The van der Waals surface area contributed by atoms with Crippen molar-refractivity contribution in [2.24, 2.45) is 0 Å². The number of carbonyl (C=O) groups is 1. The zero-order valence-corrected chi connectivity index (χ0v) is 18.9. The lowest BCUT2D eigenvalue weighted by Crippen LogP contribution is -2.38. The van der Waals surface area contributed by atoms with Crippen LogP contribution >= 0.6 is 0 Å². The average molecular weight is 452 g/mol. The molecule has 1 aliphatic rings. The normalized spacial score (nSPS) is 16.6. The summed E-state index contributed by atoms with van der Waals surface area (Å²) in [5.74, 6) is 0.612. The zero-order chi connectivity index (χ0) is 23.2. The summed E-state index contributed by atoms with van der Waals surface area (Å²) in [5, 5.41) is 11.2. The van der Waals surface area contributed by atoms with Crippen molar-refractivity contribution in [3.05, 3.63) is 60.2 Å². The minimum absolute atomic E-state index is 0.0859. The number of methoxy groups -OCH3 is 1. The van der Waals surface area contributed by atoms with E-state index in [9.17, 15) is 9.18 Å².